The predicted molar refractivity (Wildman–Crippen MR) is 97.2 cm³/mol. The number of carbonyl (C=O) groups excluding carboxylic acids is 1. The van der Waals surface area contributed by atoms with E-state index in [-0.39, 0.29) is 18.3 Å². The molecular weight excluding hydrogens is 333 g/mol. The van der Waals surface area contributed by atoms with Gasteiger partial charge in [-0.15, -0.1) is 12.4 Å². The molecule has 1 heterocycles. The van der Waals surface area contributed by atoms with Gasteiger partial charge in [0.25, 0.3) is 0 Å². The second kappa shape index (κ2) is 8.34. The van der Waals surface area contributed by atoms with Crippen LogP contribution in [0, 0.1) is 11.8 Å². The highest BCUT2D eigenvalue weighted by Crippen LogP contribution is 2.35. The molecule has 1 saturated carbocycles. The lowest BCUT2D eigenvalue weighted by Gasteiger charge is -2.29. The molecule has 1 aromatic rings. The summed E-state index contributed by atoms with van der Waals surface area (Å²) in [4.78, 5) is 14.5. The standard InChI is InChI=1S/C17H24ClN3O.ClH/c18-14-5-1-2-7-16(14)20-17(22)8-9-21-10-12-4-3-6-15(19)13(12)11-21;/h1-2,5,7,12-13,15H,3-4,6,8-11,19H2,(H,20,22);1H. The van der Waals surface area contributed by atoms with Crippen LogP contribution in [-0.4, -0.2) is 36.5 Å². The molecule has 0 radical (unpaired) electrons. The van der Waals surface area contributed by atoms with Crippen LogP contribution >= 0.6 is 24.0 Å². The fourth-order valence-electron chi connectivity index (χ4n) is 3.83. The molecule has 3 N–H and O–H groups in total. The first-order chi connectivity index (χ1) is 10.6. The first-order valence-corrected chi connectivity index (χ1v) is 8.53. The fourth-order valence-corrected chi connectivity index (χ4v) is 4.01. The third kappa shape index (κ3) is 4.60. The minimum Gasteiger partial charge on any atom is -0.327 e. The molecule has 1 aliphatic heterocycles. The van der Waals surface area contributed by atoms with E-state index < -0.39 is 0 Å². The first-order valence-electron chi connectivity index (χ1n) is 8.16. The zero-order valence-electron chi connectivity index (χ0n) is 13.2. The molecule has 6 heteroatoms. The highest BCUT2D eigenvalue weighted by atomic mass is 35.5. The SMILES string of the molecule is Cl.NC1CCCC2CN(CCC(=O)Nc3ccccc3Cl)CC12. The molecule has 3 unspecified atom stereocenters. The number of nitrogens with two attached hydrogens (primary N) is 1. The number of nitrogens with one attached hydrogen (secondary N) is 1. The molecule has 1 aromatic carbocycles. The predicted octanol–water partition coefficient (Wildman–Crippen LogP) is 3.15. The Morgan fingerprint density at radius 1 is 1.30 bits per heavy atom. The zero-order chi connectivity index (χ0) is 15.5. The Bertz CT molecular complexity index is 540. The quantitative estimate of drug-likeness (QED) is 0.869. The van der Waals surface area contributed by atoms with Crippen molar-refractivity contribution in [3.8, 4) is 0 Å². The van der Waals surface area contributed by atoms with Gasteiger partial charge in [0, 0.05) is 32.1 Å². The van der Waals surface area contributed by atoms with E-state index in [0.717, 1.165) is 32.0 Å². The van der Waals surface area contributed by atoms with Crippen LogP contribution in [-0.2, 0) is 4.79 Å². The Hall–Kier alpha value is -0.810. The lowest BCUT2D eigenvalue weighted by Crippen LogP contribution is -2.38. The van der Waals surface area contributed by atoms with Crippen molar-refractivity contribution < 1.29 is 4.79 Å². The summed E-state index contributed by atoms with van der Waals surface area (Å²) < 4.78 is 0. The van der Waals surface area contributed by atoms with Crippen LogP contribution in [0.5, 0.6) is 0 Å². The first kappa shape index (κ1) is 18.5. The summed E-state index contributed by atoms with van der Waals surface area (Å²) in [7, 11) is 0. The number of carbonyl (C=O) groups is 1. The maximum absolute atomic E-state index is 12.1. The van der Waals surface area contributed by atoms with E-state index in [9.17, 15) is 4.79 Å². The number of amides is 1. The van der Waals surface area contributed by atoms with Crippen molar-refractivity contribution in [1.82, 2.24) is 4.90 Å². The van der Waals surface area contributed by atoms with Gasteiger partial charge in [-0.3, -0.25) is 4.79 Å². The summed E-state index contributed by atoms with van der Waals surface area (Å²) in [6, 6.07) is 7.68. The largest absolute Gasteiger partial charge is 0.327 e. The maximum Gasteiger partial charge on any atom is 0.225 e. The van der Waals surface area contributed by atoms with E-state index >= 15 is 0 Å². The van der Waals surface area contributed by atoms with E-state index in [1.807, 2.05) is 18.2 Å². The Kier molecular flexibility index (Phi) is 6.72. The van der Waals surface area contributed by atoms with Crippen molar-refractivity contribution >= 4 is 35.6 Å². The molecule has 0 bridgehead atoms. The monoisotopic (exact) mass is 357 g/mol. The molecule has 4 nitrogen and oxygen atoms in total. The molecule has 2 aliphatic rings. The van der Waals surface area contributed by atoms with Gasteiger partial charge in [-0.1, -0.05) is 30.2 Å². The van der Waals surface area contributed by atoms with E-state index in [2.05, 4.69) is 10.2 Å². The average molecular weight is 358 g/mol. The molecule has 23 heavy (non-hydrogen) atoms. The van der Waals surface area contributed by atoms with Crippen LogP contribution in [0.3, 0.4) is 0 Å². The van der Waals surface area contributed by atoms with E-state index in [0.29, 0.717) is 29.1 Å². The Morgan fingerprint density at radius 2 is 2.09 bits per heavy atom. The molecule has 0 aromatic heterocycles. The lowest BCUT2D eigenvalue weighted by atomic mass is 9.78. The third-order valence-electron chi connectivity index (χ3n) is 5.03. The topological polar surface area (TPSA) is 58.4 Å². The van der Waals surface area contributed by atoms with Gasteiger partial charge in [0.15, 0.2) is 0 Å². The van der Waals surface area contributed by atoms with Gasteiger partial charge in [0.2, 0.25) is 5.91 Å². The van der Waals surface area contributed by atoms with Crippen LogP contribution in [0.15, 0.2) is 24.3 Å². The summed E-state index contributed by atoms with van der Waals surface area (Å²) in [5, 5.41) is 3.46. The van der Waals surface area contributed by atoms with E-state index in [1.54, 1.807) is 6.07 Å². The van der Waals surface area contributed by atoms with E-state index in [1.165, 1.54) is 12.8 Å². The van der Waals surface area contributed by atoms with Gasteiger partial charge in [-0.05, 0) is 36.8 Å². The molecule has 2 fully saturated rings. The molecule has 3 rings (SSSR count). The third-order valence-corrected chi connectivity index (χ3v) is 5.36. The number of para-hydroxylation sites is 1. The molecule has 1 saturated heterocycles. The Morgan fingerprint density at radius 3 is 2.83 bits per heavy atom. The summed E-state index contributed by atoms with van der Waals surface area (Å²) in [6.07, 6.45) is 4.20. The van der Waals surface area contributed by atoms with Crippen LogP contribution in [0.1, 0.15) is 25.7 Å². The Labute approximate surface area is 149 Å². The van der Waals surface area contributed by atoms with Gasteiger partial charge in [0.05, 0.1) is 10.7 Å². The molecule has 1 aliphatic carbocycles. The van der Waals surface area contributed by atoms with Crippen molar-refractivity contribution in [3.05, 3.63) is 29.3 Å². The highest BCUT2D eigenvalue weighted by molar-refractivity contribution is 6.33. The second-order valence-corrected chi connectivity index (χ2v) is 6.96. The number of halogens is 2. The maximum atomic E-state index is 12.1. The summed E-state index contributed by atoms with van der Waals surface area (Å²) >= 11 is 6.06. The number of nitrogens with zero attached hydrogens (tertiary/aromatic N) is 1. The van der Waals surface area contributed by atoms with Crippen LogP contribution in [0.2, 0.25) is 5.02 Å². The van der Waals surface area contributed by atoms with E-state index in [4.69, 9.17) is 17.3 Å². The molecule has 128 valence electrons. The van der Waals surface area contributed by atoms with Gasteiger partial charge in [-0.25, -0.2) is 0 Å². The van der Waals surface area contributed by atoms with Crippen molar-refractivity contribution in [1.29, 1.82) is 0 Å². The molecule has 3 atom stereocenters. The summed E-state index contributed by atoms with van der Waals surface area (Å²) in [5.74, 6) is 1.38. The minimum atomic E-state index is 0. The van der Waals surface area contributed by atoms with Crippen LogP contribution in [0.25, 0.3) is 0 Å². The number of hydrogen-bond acceptors (Lipinski definition) is 3. The summed E-state index contributed by atoms with van der Waals surface area (Å²) in [6.45, 7) is 2.94. The van der Waals surface area contributed by atoms with Gasteiger partial charge < -0.3 is 16.0 Å². The number of benzene rings is 1. The lowest BCUT2D eigenvalue weighted by molar-refractivity contribution is -0.116. The van der Waals surface area contributed by atoms with Crippen LogP contribution < -0.4 is 11.1 Å². The zero-order valence-corrected chi connectivity index (χ0v) is 14.8. The number of anilines is 1. The van der Waals surface area contributed by atoms with Crippen molar-refractivity contribution in [2.75, 3.05) is 25.0 Å². The average Bonchev–Trinajstić information content (AvgIpc) is 2.92. The molecule has 1 amide bonds. The number of rotatable bonds is 4. The molecular formula is C17H25Cl2N3O. The Balaban J connectivity index is 0.00000192. The normalized spacial score (nSPS) is 27.1. The summed E-state index contributed by atoms with van der Waals surface area (Å²) in [5.41, 5.74) is 6.92. The smallest absolute Gasteiger partial charge is 0.225 e. The van der Waals surface area contributed by atoms with Crippen molar-refractivity contribution in [2.45, 2.75) is 31.7 Å². The van der Waals surface area contributed by atoms with Gasteiger partial charge in [0.1, 0.15) is 0 Å². The second-order valence-electron chi connectivity index (χ2n) is 6.56. The minimum absolute atomic E-state index is 0. The van der Waals surface area contributed by atoms with Crippen LogP contribution in [0.4, 0.5) is 5.69 Å². The van der Waals surface area contributed by atoms with Crippen molar-refractivity contribution in [2.24, 2.45) is 17.6 Å². The number of likely N-dealkylation sites (tertiary alicyclic amines) is 1. The number of hydrogen-bond donors (Lipinski definition) is 2. The fraction of sp³-hybridized carbons (Fsp3) is 0.588. The number of fused-ring (bicyclic) bond motifs is 1. The highest BCUT2D eigenvalue weighted by Gasteiger charge is 2.38. The van der Waals surface area contributed by atoms with Gasteiger partial charge in [-0.2, -0.15) is 0 Å². The molecule has 0 spiro atoms. The van der Waals surface area contributed by atoms with Crippen molar-refractivity contribution in [3.63, 3.8) is 0 Å². The van der Waals surface area contributed by atoms with Gasteiger partial charge >= 0.3 is 0 Å².